The summed E-state index contributed by atoms with van der Waals surface area (Å²) in [6.07, 6.45) is 3.13. The molecule has 0 bridgehead atoms. The maximum atomic E-state index is 12.8. The summed E-state index contributed by atoms with van der Waals surface area (Å²) in [4.78, 5) is 24.3. The van der Waals surface area contributed by atoms with E-state index in [0.29, 0.717) is 10.7 Å². The van der Waals surface area contributed by atoms with E-state index in [1.807, 2.05) is 6.07 Å². The minimum atomic E-state index is -4.02. The van der Waals surface area contributed by atoms with Crippen molar-refractivity contribution in [1.82, 2.24) is 4.72 Å². The van der Waals surface area contributed by atoms with Crippen LogP contribution in [0.2, 0.25) is 5.02 Å². The Hall–Kier alpha value is -3.46. The predicted molar refractivity (Wildman–Crippen MR) is 132 cm³/mol. The number of ether oxygens (including phenoxy) is 1. The third-order valence-corrected chi connectivity index (χ3v) is 6.53. The SMILES string of the molecule is COC(=O)[C@H](Cc1ccccc1)NS(=O)(=O)c1ccc(NC(=O)/C=C/c2ccc(Cl)cc2)cc1. The number of hydrogen-bond donors (Lipinski definition) is 2. The lowest BCUT2D eigenvalue weighted by Crippen LogP contribution is -2.42. The average Bonchev–Trinajstić information content (AvgIpc) is 2.83. The van der Waals surface area contributed by atoms with Gasteiger partial charge in [-0.05, 0) is 60.0 Å². The summed E-state index contributed by atoms with van der Waals surface area (Å²) in [5.41, 5.74) is 2.01. The number of benzene rings is 3. The van der Waals surface area contributed by atoms with Gasteiger partial charge in [-0.15, -0.1) is 0 Å². The van der Waals surface area contributed by atoms with Gasteiger partial charge in [0.25, 0.3) is 0 Å². The van der Waals surface area contributed by atoms with E-state index in [1.165, 1.54) is 37.5 Å². The highest BCUT2D eigenvalue weighted by Crippen LogP contribution is 2.16. The number of rotatable bonds is 9. The molecule has 0 radical (unpaired) electrons. The molecule has 3 rings (SSSR count). The largest absolute Gasteiger partial charge is 0.468 e. The molecule has 34 heavy (non-hydrogen) atoms. The normalized spacial score (nSPS) is 12.3. The van der Waals surface area contributed by atoms with Gasteiger partial charge in [-0.1, -0.05) is 54.1 Å². The molecule has 1 amide bonds. The van der Waals surface area contributed by atoms with Crippen LogP contribution in [0, 0.1) is 0 Å². The summed E-state index contributed by atoms with van der Waals surface area (Å²) >= 11 is 5.84. The number of methoxy groups -OCH3 is 1. The molecular formula is C25H23ClN2O5S. The van der Waals surface area contributed by atoms with Crippen LogP contribution in [0.15, 0.2) is 89.8 Å². The minimum absolute atomic E-state index is 0.0517. The Balaban J connectivity index is 1.66. The Bertz CT molecular complexity index is 1260. The molecule has 0 aliphatic carbocycles. The van der Waals surface area contributed by atoms with Crippen molar-refractivity contribution >= 4 is 45.3 Å². The molecule has 7 nitrogen and oxygen atoms in total. The van der Waals surface area contributed by atoms with Crippen LogP contribution in [0.3, 0.4) is 0 Å². The second kappa shape index (κ2) is 11.6. The number of nitrogens with one attached hydrogen (secondary N) is 2. The highest BCUT2D eigenvalue weighted by atomic mass is 35.5. The minimum Gasteiger partial charge on any atom is -0.468 e. The zero-order valence-corrected chi connectivity index (χ0v) is 19.8. The van der Waals surface area contributed by atoms with Crippen molar-refractivity contribution in [2.45, 2.75) is 17.4 Å². The first-order valence-electron chi connectivity index (χ1n) is 10.3. The highest BCUT2D eigenvalue weighted by Gasteiger charge is 2.26. The van der Waals surface area contributed by atoms with Crippen molar-refractivity contribution in [3.8, 4) is 0 Å². The van der Waals surface area contributed by atoms with Gasteiger partial charge in [0, 0.05) is 16.8 Å². The van der Waals surface area contributed by atoms with E-state index in [9.17, 15) is 18.0 Å². The fourth-order valence-electron chi connectivity index (χ4n) is 3.07. The quantitative estimate of drug-likeness (QED) is 0.342. The van der Waals surface area contributed by atoms with Gasteiger partial charge in [0.1, 0.15) is 6.04 Å². The lowest BCUT2D eigenvalue weighted by atomic mass is 10.1. The van der Waals surface area contributed by atoms with Crippen molar-refractivity contribution in [3.63, 3.8) is 0 Å². The van der Waals surface area contributed by atoms with E-state index in [-0.39, 0.29) is 17.2 Å². The first-order valence-corrected chi connectivity index (χ1v) is 12.1. The second-order valence-electron chi connectivity index (χ2n) is 7.29. The Kier molecular flexibility index (Phi) is 8.59. The molecule has 0 aromatic heterocycles. The monoisotopic (exact) mass is 498 g/mol. The molecule has 1 atom stereocenters. The lowest BCUT2D eigenvalue weighted by molar-refractivity contribution is -0.142. The third-order valence-electron chi connectivity index (χ3n) is 4.80. The predicted octanol–water partition coefficient (Wildman–Crippen LogP) is 4.05. The standard InChI is InChI=1S/C25H23ClN2O5S/c1-33-25(30)23(17-19-5-3-2-4-6-19)28-34(31,32)22-14-12-21(13-15-22)27-24(29)16-9-18-7-10-20(26)11-8-18/h2-16,23,28H,17H2,1H3,(H,27,29)/b16-9+/t23-/m0/s1. The van der Waals surface area contributed by atoms with E-state index in [1.54, 1.807) is 54.6 Å². The van der Waals surface area contributed by atoms with E-state index in [0.717, 1.165) is 11.1 Å². The van der Waals surface area contributed by atoms with Gasteiger partial charge in [0.2, 0.25) is 15.9 Å². The Labute approximate surface area is 203 Å². The summed E-state index contributed by atoms with van der Waals surface area (Å²) in [6.45, 7) is 0. The summed E-state index contributed by atoms with van der Waals surface area (Å²) in [5.74, 6) is -1.07. The highest BCUT2D eigenvalue weighted by molar-refractivity contribution is 7.89. The molecule has 3 aromatic carbocycles. The molecule has 0 aliphatic rings. The van der Waals surface area contributed by atoms with E-state index < -0.39 is 22.0 Å². The number of anilines is 1. The van der Waals surface area contributed by atoms with Gasteiger partial charge in [0.15, 0.2) is 0 Å². The summed E-state index contributed by atoms with van der Waals surface area (Å²) in [7, 11) is -2.82. The van der Waals surface area contributed by atoms with E-state index in [2.05, 4.69) is 10.0 Å². The van der Waals surface area contributed by atoms with Crippen LogP contribution in [0.5, 0.6) is 0 Å². The fraction of sp³-hybridized carbons (Fsp3) is 0.120. The molecule has 3 aromatic rings. The first kappa shape index (κ1) is 25.2. The van der Waals surface area contributed by atoms with Crippen molar-refractivity contribution < 1.29 is 22.7 Å². The van der Waals surface area contributed by atoms with Crippen LogP contribution in [0.25, 0.3) is 6.08 Å². The van der Waals surface area contributed by atoms with Crippen molar-refractivity contribution in [1.29, 1.82) is 0 Å². The van der Waals surface area contributed by atoms with Gasteiger partial charge in [0.05, 0.1) is 12.0 Å². The second-order valence-corrected chi connectivity index (χ2v) is 9.44. The molecule has 0 fully saturated rings. The number of halogens is 1. The number of amides is 1. The summed E-state index contributed by atoms with van der Waals surface area (Å²) in [6, 6.07) is 20.5. The zero-order valence-electron chi connectivity index (χ0n) is 18.3. The fourth-order valence-corrected chi connectivity index (χ4v) is 4.38. The first-order chi connectivity index (χ1) is 16.3. The van der Waals surface area contributed by atoms with Gasteiger partial charge in [-0.3, -0.25) is 9.59 Å². The van der Waals surface area contributed by atoms with Crippen LogP contribution >= 0.6 is 11.6 Å². The molecule has 0 spiro atoms. The smallest absolute Gasteiger partial charge is 0.324 e. The van der Waals surface area contributed by atoms with Crippen molar-refractivity contribution in [2.24, 2.45) is 0 Å². The van der Waals surface area contributed by atoms with Gasteiger partial charge >= 0.3 is 5.97 Å². The topological polar surface area (TPSA) is 102 Å². The maximum absolute atomic E-state index is 12.8. The molecule has 2 N–H and O–H groups in total. The average molecular weight is 499 g/mol. The molecule has 0 saturated heterocycles. The molecular weight excluding hydrogens is 476 g/mol. The van der Waals surface area contributed by atoms with Crippen LogP contribution in [-0.4, -0.2) is 33.4 Å². The molecule has 0 saturated carbocycles. The third kappa shape index (κ3) is 7.28. The molecule has 176 valence electrons. The Morgan fingerprint density at radius 1 is 0.971 bits per heavy atom. The van der Waals surface area contributed by atoms with Gasteiger partial charge < -0.3 is 10.1 Å². The number of carbonyl (C=O) groups excluding carboxylic acids is 2. The Morgan fingerprint density at radius 3 is 2.24 bits per heavy atom. The van der Waals surface area contributed by atoms with E-state index >= 15 is 0 Å². The molecule has 0 heterocycles. The van der Waals surface area contributed by atoms with Crippen molar-refractivity contribution in [2.75, 3.05) is 12.4 Å². The number of sulfonamides is 1. The van der Waals surface area contributed by atoms with Crippen molar-refractivity contribution in [3.05, 3.63) is 101 Å². The lowest BCUT2D eigenvalue weighted by Gasteiger charge is -2.17. The van der Waals surface area contributed by atoms with Crippen LogP contribution in [0.4, 0.5) is 5.69 Å². The van der Waals surface area contributed by atoms with Gasteiger partial charge in [-0.2, -0.15) is 4.72 Å². The Morgan fingerprint density at radius 2 is 1.62 bits per heavy atom. The van der Waals surface area contributed by atoms with Crippen LogP contribution < -0.4 is 10.0 Å². The molecule has 9 heteroatoms. The zero-order chi connectivity index (χ0) is 24.6. The van der Waals surface area contributed by atoms with Crippen LogP contribution in [-0.2, 0) is 30.8 Å². The maximum Gasteiger partial charge on any atom is 0.324 e. The number of carbonyl (C=O) groups is 2. The molecule has 0 aliphatic heterocycles. The number of hydrogen-bond acceptors (Lipinski definition) is 5. The molecule has 0 unspecified atom stereocenters. The summed E-state index contributed by atoms with van der Waals surface area (Å²) in [5, 5.41) is 3.26. The van der Waals surface area contributed by atoms with E-state index in [4.69, 9.17) is 16.3 Å². The number of esters is 1. The van der Waals surface area contributed by atoms with Crippen LogP contribution in [0.1, 0.15) is 11.1 Å². The van der Waals surface area contributed by atoms with Gasteiger partial charge in [-0.25, -0.2) is 8.42 Å². The summed E-state index contributed by atoms with van der Waals surface area (Å²) < 4.78 is 32.9.